The molecule has 3 aliphatic carbocycles. The SMILES string of the molecule is O=C1C[C@H]2C[C@H]1[C@H]1C(=O)N(C[C@@H]3CCCC[C@H]3CN3CCN(c4nsc5ccccc45)CC3)C(=O)[C@@H]21. The van der Waals surface area contributed by atoms with Crippen LogP contribution in [0.3, 0.4) is 0 Å². The summed E-state index contributed by atoms with van der Waals surface area (Å²) in [4.78, 5) is 45.4. The molecule has 1 aromatic heterocycles. The van der Waals surface area contributed by atoms with Crippen LogP contribution in [0.1, 0.15) is 38.5 Å². The number of likely N-dealkylation sites (tertiary alicyclic amines) is 1. The highest BCUT2D eigenvalue weighted by atomic mass is 32.1. The first-order valence-corrected chi connectivity index (χ1v) is 14.6. The van der Waals surface area contributed by atoms with Crippen molar-refractivity contribution in [1.82, 2.24) is 14.2 Å². The summed E-state index contributed by atoms with van der Waals surface area (Å²) in [6.45, 7) is 5.61. The molecule has 3 heterocycles. The summed E-state index contributed by atoms with van der Waals surface area (Å²) >= 11 is 1.58. The van der Waals surface area contributed by atoms with Gasteiger partial charge in [-0.25, -0.2) is 0 Å². The number of hydrogen-bond acceptors (Lipinski definition) is 7. The Morgan fingerprint density at radius 2 is 1.61 bits per heavy atom. The smallest absolute Gasteiger partial charge is 0.233 e. The third kappa shape index (κ3) is 3.63. The Morgan fingerprint density at radius 3 is 2.42 bits per heavy atom. The lowest BCUT2D eigenvalue weighted by molar-refractivity contribution is -0.142. The Bertz CT molecular complexity index is 1200. The van der Waals surface area contributed by atoms with Gasteiger partial charge in [-0.1, -0.05) is 25.0 Å². The van der Waals surface area contributed by atoms with Crippen LogP contribution in [0.2, 0.25) is 0 Å². The summed E-state index contributed by atoms with van der Waals surface area (Å²) in [5, 5.41) is 1.25. The van der Waals surface area contributed by atoms with E-state index in [-0.39, 0.29) is 41.3 Å². The van der Waals surface area contributed by atoms with E-state index in [9.17, 15) is 14.4 Å². The van der Waals surface area contributed by atoms with Gasteiger partial charge in [-0.15, -0.1) is 0 Å². The Kier molecular flexibility index (Phi) is 5.65. The van der Waals surface area contributed by atoms with Crippen LogP contribution in [0, 0.1) is 35.5 Å². The highest BCUT2D eigenvalue weighted by molar-refractivity contribution is 7.13. The first-order chi connectivity index (χ1) is 17.6. The normalized spacial score (nSPS) is 34.8. The predicted octanol–water partition coefficient (Wildman–Crippen LogP) is 3.43. The number of nitrogens with zero attached hydrogens (tertiary/aromatic N) is 4. The fourth-order valence-corrected chi connectivity index (χ4v) is 8.81. The number of benzene rings is 1. The highest BCUT2D eigenvalue weighted by Gasteiger charge is 2.64. The molecule has 0 spiro atoms. The van der Waals surface area contributed by atoms with Gasteiger partial charge in [-0.2, -0.15) is 4.37 Å². The number of fused-ring (bicyclic) bond motifs is 6. The van der Waals surface area contributed by atoms with Gasteiger partial charge >= 0.3 is 0 Å². The zero-order valence-electron chi connectivity index (χ0n) is 20.7. The fourth-order valence-electron chi connectivity index (χ4n) is 8.02. The maximum atomic E-state index is 13.3. The van der Waals surface area contributed by atoms with Crippen LogP contribution in [0.5, 0.6) is 0 Å². The van der Waals surface area contributed by atoms with Gasteiger partial charge in [0.25, 0.3) is 0 Å². The van der Waals surface area contributed by atoms with Crippen molar-refractivity contribution in [3.05, 3.63) is 24.3 Å². The van der Waals surface area contributed by atoms with E-state index >= 15 is 0 Å². The quantitative estimate of drug-likeness (QED) is 0.579. The number of anilines is 1. The number of piperazine rings is 1. The number of hydrogen-bond donors (Lipinski definition) is 0. The van der Waals surface area contributed by atoms with Crippen LogP contribution in [0.4, 0.5) is 5.82 Å². The van der Waals surface area contributed by atoms with Crippen LogP contribution in [0.15, 0.2) is 24.3 Å². The van der Waals surface area contributed by atoms with Gasteiger partial charge < -0.3 is 4.90 Å². The number of rotatable bonds is 5. The van der Waals surface area contributed by atoms with E-state index in [2.05, 4.69) is 34.1 Å². The molecule has 190 valence electrons. The van der Waals surface area contributed by atoms with Crippen molar-refractivity contribution in [1.29, 1.82) is 0 Å². The third-order valence-electron chi connectivity index (χ3n) is 9.87. The highest BCUT2D eigenvalue weighted by Crippen LogP contribution is 2.54. The monoisotopic (exact) mass is 506 g/mol. The van der Waals surface area contributed by atoms with E-state index in [4.69, 9.17) is 4.37 Å². The molecule has 2 saturated heterocycles. The molecule has 1 aromatic carbocycles. The first-order valence-electron chi connectivity index (χ1n) is 13.8. The molecule has 8 heteroatoms. The molecule has 2 amide bonds. The largest absolute Gasteiger partial charge is 0.353 e. The minimum atomic E-state index is -0.347. The molecule has 2 bridgehead atoms. The first kappa shape index (κ1) is 22.8. The molecule has 3 saturated carbocycles. The van der Waals surface area contributed by atoms with Crippen LogP contribution < -0.4 is 4.90 Å². The molecule has 7 nitrogen and oxygen atoms in total. The lowest BCUT2D eigenvalue weighted by Crippen LogP contribution is -2.49. The number of Topliss-reactive ketones (excluding diaryl/α,β-unsaturated/α-hetero) is 1. The Morgan fingerprint density at radius 1 is 0.889 bits per heavy atom. The Hall–Kier alpha value is -2.32. The summed E-state index contributed by atoms with van der Waals surface area (Å²) in [7, 11) is 0. The summed E-state index contributed by atoms with van der Waals surface area (Å²) in [5.74, 6) is 1.58. The van der Waals surface area contributed by atoms with Crippen LogP contribution >= 0.6 is 11.5 Å². The van der Waals surface area contributed by atoms with Crippen molar-refractivity contribution in [3.63, 3.8) is 0 Å². The summed E-state index contributed by atoms with van der Waals surface area (Å²) < 4.78 is 5.99. The van der Waals surface area contributed by atoms with Crippen molar-refractivity contribution in [2.75, 3.05) is 44.2 Å². The molecule has 0 radical (unpaired) electrons. The minimum Gasteiger partial charge on any atom is -0.353 e. The molecule has 36 heavy (non-hydrogen) atoms. The molecule has 7 rings (SSSR count). The van der Waals surface area contributed by atoms with Gasteiger partial charge in [0, 0.05) is 57.0 Å². The van der Waals surface area contributed by atoms with E-state index < -0.39 is 0 Å². The van der Waals surface area contributed by atoms with Crippen LogP contribution in [-0.2, 0) is 14.4 Å². The standard InChI is InChI=1S/C28H34N4O3S/c33-22-14-19-13-21(22)25-24(19)27(34)32(28(25)35)16-18-6-2-1-5-17(18)15-30-9-11-31(12-10-30)26-20-7-3-4-8-23(20)36-29-26/h3-4,7-8,17-19,21,24-25H,1-2,5-6,9-16H2/t17-,18-,19+,21+,24-,25+/m0/s1. The Labute approximate surface area is 216 Å². The van der Waals surface area contributed by atoms with Gasteiger partial charge in [0.2, 0.25) is 11.8 Å². The lowest BCUT2D eigenvalue weighted by Gasteiger charge is -2.40. The number of carbonyl (C=O) groups excluding carboxylic acids is 3. The van der Waals surface area contributed by atoms with E-state index in [0.29, 0.717) is 24.8 Å². The predicted molar refractivity (Wildman–Crippen MR) is 139 cm³/mol. The number of carbonyl (C=O) groups is 3. The lowest BCUT2D eigenvalue weighted by atomic mass is 9.78. The zero-order chi connectivity index (χ0) is 24.4. The summed E-state index contributed by atoms with van der Waals surface area (Å²) in [6.07, 6.45) is 5.94. The van der Waals surface area contributed by atoms with Gasteiger partial charge in [-0.3, -0.25) is 24.2 Å². The minimum absolute atomic E-state index is 0.0263. The maximum Gasteiger partial charge on any atom is 0.233 e. The van der Waals surface area contributed by atoms with Crippen molar-refractivity contribution in [2.45, 2.75) is 38.5 Å². The molecule has 0 unspecified atom stereocenters. The average Bonchev–Trinajstić information content (AvgIpc) is 3.64. The van der Waals surface area contributed by atoms with E-state index in [1.54, 1.807) is 16.4 Å². The molecule has 5 fully saturated rings. The molecule has 2 aromatic rings. The number of aromatic nitrogens is 1. The van der Waals surface area contributed by atoms with E-state index in [0.717, 1.165) is 51.4 Å². The zero-order valence-corrected chi connectivity index (χ0v) is 21.5. The molecular weight excluding hydrogens is 472 g/mol. The Balaban J connectivity index is 0.990. The van der Waals surface area contributed by atoms with E-state index in [1.807, 2.05) is 0 Å². The van der Waals surface area contributed by atoms with Crippen molar-refractivity contribution in [3.8, 4) is 0 Å². The molecule has 6 atom stereocenters. The third-order valence-corrected chi connectivity index (χ3v) is 10.7. The number of imide groups is 1. The van der Waals surface area contributed by atoms with E-state index in [1.165, 1.54) is 29.3 Å². The second-order valence-corrected chi connectivity index (χ2v) is 12.5. The number of amides is 2. The van der Waals surface area contributed by atoms with Crippen LogP contribution in [-0.4, -0.2) is 71.0 Å². The topological polar surface area (TPSA) is 73.8 Å². The number of ketones is 1. The van der Waals surface area contributed by atoms with Crippen molar-refractivity contribution < 1.29 is 14.4 Å². The molecule has 5 aliphatic rings. The maximum absolute atomic E-state index is 13.3. The molecule has 2 aliphatic heterocycles. The van der Waals surface area contributed by atoms with Gasteiger partial charge in [0.15, 0.2) is 0 Å². The second-order valence-electron chi connectivity index (χ2n) is 11.7. The molecule has 0 N–H and O–H groups in total. The fraction of sp³-hybridized carbons (Fsp3) is 0.643. The molecular formula is C28H34N4O3S. The summed E-state index contributed by atoms with van der Waals surface area (Å²) in [5.41, 5.74) is 0. The average molecular weight is 507 g/mol. The van der Waals surface area contributed by atoms with Crippen molar-refractivity contribution in [2.24, 2.45) is 35.5 Å². The van der Waals surface area contributed by atoms with Gasteiger partial charge in [0.05, 0.1) is 16.5 Å². The van der Waals surface area contributed by atoms with Gasteiger partial charge in [-0.05, 0) is 60.7 Å². The second kappa shape index (κ2) is 8.91. The van der Waals surface area contributed by atoms with Gasteiger partial charge in [0.1, 0.15) is 11.6 Å². The van der Waals surface area contributed by atoms with Crippen LogP contribution in [0.25, 0.3) is 10.1 Å². The summed E-state index contributed by atoms with van der Waals surface area (Å²) in [6, 6.07) is 8.47. The van der Waals surface area contributed by atoms with Crippen molar-refractivity contribution >= 4 is 45.0 Å².